The molecular formula is C7H6BrN3OS. The van der Waals surface area contributed by atoms with Crippen LogP contribution in [0.2, 0.25) is 0 Å². The van der Waals surface area contributed by atoms with Gasteiger partial charge in [-0.3, -0.25) is 4.90 Å². The normalized spacial score (nSPS) is 14.4. The summed E-state index contributed by atoms with van der Waals surface area (Å²) >= 11 is 4.77. The van der Waals surface area contributed by atoms with E-state index in [1.165, 1.54) is 16.7 Å². The lowest BCUT2D eigenvalue weighted by atomic mass is 10.4. The van der Waals surface area contributed by atoms with Crippen molar-refractivity contribution in [3.8, 4) is 0 Å². The van der Waals surface area contributed by atoms with E-state index in [0.717, 1.165) is 15.3 Å². The summed E-state index contributed by atoms with van der Waals surface area (Å²) in [6.07, 6.45) is 0. The third kappa shape index (κ3) is 1.51. The molecule has 1 aromatic heterocycles. The molecule has 68 valence electrons. The van der Waals surface area contributed by atoms with Crippen LogP contribution in [-0.4, -0.2) is 16.9 Å². The summed E-state index contributed by atoms with van der Waals surface area (Å²) in [5, 5.41) is 0.841. The lowest BCUT2D eigenvalue weighted by molar-refractivity contribution is 0.255. The number of hydrogen-bond donors (Lipinski definition) is 1. The highest BCUT2D eigenvalue weighted by Gasteiger charge is 2.24. The van der Waals surface area contributed by atoms with Gasteiger partial charge in [0.1, 0.15) is 9.63 Å². The molecule has 0 unspecified atom stereocenters. The average Bonchev–Trinajstić information content (AvgIpc) is 2.46. The van der Waals surface area contributed by atoms with Gasteiger partial charge in [0.2, 0.25) is 0 Å². The fourth-order valence-electron chi connectivity index (χ4n) is 1.10. The maximum absolute atomic E-state index is 10.9. The third-order valence-electron chi connectivity index (χ3n) is 1.69. The van der Waals surface area contributed by atoms with Crippen LogP contribution in [-0.2, 0) is 0 Å². The predicted molar refractivity (Wildman–Crippen MR) is 54.7 cm³/mol. The van der Waals surface area contributed by atoms with E-state index >= 15 is 0 Å². The molecule has 2 N–H and O–H groups in total. The first-order chi connectivity index (χ1) is 6.18. The van der Waals surface area contributed by atoms with Crippen LogP contribution in [0.25, 0.3) is 0 Å². The fourth-order valence-corrected chi connectivity index (χ4v) is 2.53. The molecule has 2 rings (SSSR count). The average molecular weight is 260 g/mol. The number of primary amides is 1. The Hall–Kier alpha value is -0.750. The lowest BCUT2D eigenvalue weighted by Gasteiger charge is -2.11. The number of fused-ring (bicyclic) bond motifs is 1. The lowest BCUT2D eigenvalue weighted by Crippen LogP contribution is -2.33. The molecule has 0 spiro atoms. The summed E-state index contributed by atoms with van der Waals surface area (Å²) in [6.45, 7) is 0. The largest absolute Gasteiger partial charge is 0.351 e. The van der Waals surface area contributed by atoms with E-state index < -0.39 is 6.03 Å². The molecule has 0 saturated heterocycles. The maximum atomic E-state index is 10.9. The Morgan fingerprint density at radius 3 is 3.15 bits per heavy atom. The standard InChI is InChI=1S/C7H6BrN3OS/c8-5-2-1-4-6(10-5)13-3-11(4)7(9)12/h1-2H,3H2,(H2,9,12). The van der Waals surface area contributed by atoms with Crippen molar-refractivity contribution >= 4 is 39.4 Å². The number of carbonyl (C=O) groups excluding carboxylic acids is 1. The van der Waals surface area contributed by atoms with Crippen LogP contribution in [0.4, 0.5) is 10.5 Å². The molecule has 1 aliphatic rings. The molecule has 13 heavy (non-hydrogen) atoms. The van der Waals surface area contributed by atoms with E-state index in [9.17, 15) is 4.79 Å². The second kappa shape index (κ2) is 3.19. The number of nitrogens with zero attached hydrogens (tertiary/aromatic N) is 2. The Kier molecular flexibility index (Phi) is 2.17. The Balaban J connectivity index is 2.44. The van der Waals surface area contributed by atoms with Crippen molar-refractivity contribution in [1.29, 1.82) is 0 Å². The first kappa shape index (κ1) is 8.83. The molecular weight excluding hydrogens is 254 g/mol. The van der Waals surface area contributed by atoms with Crippen molar-refractivity contribution in [1.82, 2.24) is 4.98 Å². The highest BCUT2D eigenvalue weighted by atomic mass is 79.9. The summed E-state index contributed by atoms with van der Waals surface area (Å²) in [5.41, 5.74) is 5.98. The van der Waals surface area contributed by atoms with Crippen molar-refractivity contribution in [2.75, 3.05) is 10.8 Å². The van der Waals surface area contributed by atoms with Crippen LogP contribution >= 0.6 is 27.7 Å². The van der Waals surface area contributed by atoms with Crippen molar-refractivity contribution < 1.29 is 4.79 Å². The summed E-state index contributed by atoms with van der Waals surface area (Å²) in [5.74, 6) is 0.550. The molecule has 0 atom stereocenters. The number of hydrogen-bond acceptors (Lipinski definition) is 3. The molecule has 1 aliphatic heterocycles. The van der Waals surface area contributed by atoms with Gasteiger partial charge in [0.25, 0.3) is 0 Å². The summed E-state index contributed by atoms with van der Waals surface area (Å²) < 4.78 is 0.769. The zero-order valence-electron chi connectivity index (χ0n) is 6.53. The zero-order chi connectivity index (χ0) is 9.42. The number of anilines is 1. The van der Waals surface area contributed by atoms with E-state index in [-0.39, 0.29) is 0 Å². The van der Waals surface area contributed by atoms with E-state index in [2.05, 4.69) is 20.9 Å². The van der Waals surface area contributed by atoms with Crippen molar-refractivity contribution in [2.24, 2.45) is 5.73 Å². The van der Waals surface area contributed by atoms with E-state index in [1.54, 1.807) is 6.07 Å². The van der Waals surface area contributed by atoms with E-state index in [4.69, 9.17) is 5.73 Å². The second-order valence-corrected chi connectivity index (χ2v) is 4.24. The van der Waals surface area contributed by atoms with Gasteiger partial charge in [-0.2, -0.15) is 0 Å². The Labute approximate surface area is 87.6 Å². The van der Waals surface area contributed by atoms with Gasteiger partial charge in [-0.1, -0.05) is 11.8 Å². The molecule has 6 heteroatoms. The molecule has 0 saturated carbocycles. The number of rotatable bonds is 0. The molecule has 2 heterocycles. The number of nitrogens with two attached hydrogens (primary N) is 1. The number of amides is 2. The van der Waals surface area contributed by atoms with Gasteiger partial charge in [0.15, 0.2) is 0 Å². The number of carbonyl (C=O) groups is 1. The number of aromatic nitrogens is 1. The Morgan fingerprint density at radius 2 is 2.46 bits per heavy atom. The monoisotopic (exact) mass is 259 g/mol. The number of urea groups is 1. The summed E-state index contributed by atoms with van der Waals surface area (Å²) in [7, 11) is 0. The topological polar surface area (TPSA) is 59.2 Å². The molecule has 2 amide bonds. The molecule has 0 aliphatic carbocycles. The molecule has 0 aromatic carbocycles. The number of halogens is 1. The first-order valence-corrected chi connectivity index (χ1v) is 5.32. The first-order valence-electron chi connectivity index (χ1n) is 3.55. The van der Waals surface area contributed by atoms with Crippen LogP contribution in [0.1, 0.15) is 0 Å². The highest BCUT2D eigenvalue weighted by Crippen LogP contribution is 2.37. The van der Waals surface area contributed by atoms with Gasteiger partial charge in [0, 0.05) is 0 Å². The van der Waals surface area contributed by atoms with Gasteiger partial charge in [-0.05, 0) is 28.1 Å². The van der Waals surface area contributed by atoms with E-state index in [1.807, 2.05) is 6.07 Å². The van der Waals surface area contributed by atoms with Gasteiger partial charge in [-0.15, -0.1) is 0 Å². The van der Waals surface area contributed by atoms with Gasteiger partial charge in [0.05, 0.1) is 11.6 Å². The zero-order valence-corrected chi connectivity index (χ0v) is 8.93. The van der Waals surface area contributed by atoms with Crippen molar-refractivity contribution in [2.45, 2.75) is 5.03 Å². The number of thioether (sulfide) groups is 1. The van der Waals surface area contributed by atoms with Crippen molar-refractivity contribution in [3.63, 3.8) is 0 Å². The Morgan fingerprint density at radius 1 is 1.69 bits per heavy atom. The maximum Gasteiger partial charge on any atom is 0.320 e. The Bertz CT molecular complexity index is 371. The van der Waals surface area contributed by atoms with Gasteiger partial charge >= 0.3 is 6.03 Å². The highest BCUT2D eigenvalue weighted by molar-refractivity contribution is 9.10. The molecule has 0 radical (unpaired) electrons. The van der Waals surface area contributed by atoms with Crippen LogP contribution in [0.3, 0.4) is 0 Å². The smallest absolute Gasteiger partial charge is 0.320 e. The van der Waals surface area contributed by atoms with Crippen LogP contribution in [0.15, 0.2) is 21.8 Å². The fraction of sp³-hybridized carbons (Fsp3) is 0.143. The van der Waals surface area contributed by atoms with Crippen LogP contribution in [0, 0.1) is 0 Å². The predicted octanol–water partition coefficient (Wildman–Crippen LogP) is 1.79. The minimum Gasteiger partial charge on any atom is -0.351 e. The summed E-state index contributed by atoms with van der Waals surface area (Å²) in [6, 6.07) is 3.19. The minimum atomic E-state index is -0.435. The van der Waals surface area contributed by atoms with Gasteiger partial charge in [-0.25, -0.2) is 9.78 Å². The molecule has 0 bridgehead atoms. The minimum absolute atomic E-state index is 0.435. The number of pyridine rings is 1. The third-order valence-corrected chi connectivity index (χ3v) is 3.10. The molecule has 0 fully saturated rings. The molecule has 1 aromatic rings. The summed E-state index contributed by atoms with van der Waals surface area (Å²) in [4.78, 5) is 16.7. The van der Waals surface area contributed by atoms with Gasteiger partial charge < -0.3 is 5.73 Å². The van der Waals surface area contributed by atoms with Crippen LogP contribution < -0.4 is 10.6 Å². The van der Waals surface area contributed by atoms with E-state index in [0.29, 0.717) is 5.88 Å². The van der Waals surface area contributed by atoms with Crippen LogP contribution in [0.5, 0.6) is 0 Å². The SMILES string of the molecule is NC(=O)N1CSc2nc(Br)ccc21. The second-order valence-electron chi connectivity index (χ2n) is 2.50. The molecule has 4 nitrogen and oxygen atoms in total. The van der Waals surface area contributed by atoms with Crippen molar-refractivity contribution in [3.05, 3.63) is 16.7 Å². The quantitative estimate of drug-likeness (QED) is 0.723.